The Morgan fingerprint density at radius 1 is 1.00 bits per heavy atom. The monoisotopic (exact) mass is 470 g/mol. The number of aryl methyl sites for hydroxylation is 1. The van der Waals surface area contributed by atoms with Crippen molar-refractivity contribution in [3.63, 3.8) is 0 Å². The number of benzene rings is 3. The van der Waals surface area contributed by atoms with E-state index in [-0.39, 0.29) is 11.8 Å². The van der Waals surface area contributed by atoms with Crippen LogP contribution in [0.3, 0.4) is 0 Å². The molecule has 5 rings (SSSR count). The van der Waals surface area contributed by atoms with E-state index < -0.39 is 0 Å². The number of hydrogen-bond acceptors (Lipinski definition) is 4. The second-order valence-electron chi connectivity index (χ2n) is 8.66. The SMILES string of the molecule is Cc1ccc(-c2cc(N3CCOCC3)c3cc(NC(=O)NCc4ccc(F)cc4)ccc3n2)cc1. The molecule has 1 fully saturated rings. The van der Waals surface area contributed by atoms with Gasteiger partial charge in [0.15, 0.2) is 0 Å². The third-order valence-electron chi connectivity index (χ3n) is 6.11. The van der Waals surface area contributed by atoms with E-state index >= 15 is 0 Å². The van der Waals surface area contributed by atoms with Crippen LogP contribution in [0.25, 0.3) is 22.2 Å². The summed E-state index contributed by atoms with van der Waals surface area (Å²) in [5, 5.41) is 6.69. The fourth-order valence-corrected chi connectivity index (χ4v) is 4.18. The smallest absolute Gasteiger partial charge is 0.319 e. The average Bonchev–Trinajstić information content (AvgIpc) is 2.89. The van der Waals surface area contributed by atoms with Crippen LogP contribution in [0, 0.1) is 12.7 Å². The molecule has 0 spiro atoms. The molecule has 0 bridgehead atoms. The molecule has 2 N–H and O–H groups in total. The lowest BCUT2D eigenvalue weighted by molar-refractivity contribution is 0.123. The molecule has 178 valence electrons. The Bertz CT molecular complexity index is 1330. The molecule has 1 aliphatic rings. The van der Waals surface area contributed by atoms with Gasteiger partial charge in [-0.3, -0.25) is 0 Å². The van der Waals surface area contributed by atoms with Gasteiger partial charge in [0.2, 0.25) is 0 Å². The number of anilines is 2. The van der Waals surface area contributed by atoms with E-state index in [0.717, 1.165) is 46.5 Å². The minimum absolute atomic E-state index is 0.301. The highest BCUT2D eigenvalue weighted by molar-refractivity contribution is 5.99. The van der Waals surface area contributed by atoms with E-state index in [0.29, 0.717) is 25.4 Å². The van der Waals surface area contributed by atoms with Gasteiger partial charge in [-0.1, -0.05) is 42.0 Å². The van der Waals surface area contributed by atoms with E-state index in [1.807, 2.05) is 18.2 Å². The Kier molecular flexibility index (Phi) is 6.59. The third-order valence-corrected chi connectivity index (χ3v) is 6.11. The first-order valence-corrected chi connectivity index (χ1v) is 11.7. The molecule has 2 heterocycles. The summed E-state index contributed by atoms with van der Waals surface area (Å²) in [5.41, 5.74) is 6.62. The van der Waals surface area contributed by atoms with Gasteiger partial charge in [-0.2, -0.15) is 0 Å². The number of rotatable bonds is 5. The Balaban J connectivity index is 1.42. The third kappa shape index (κ3) is 5.41. The summed E-state index contributed by atoms with van der Waals surface area (Å²) in [7, 11) is 0. The highest BCUT2D eigenvalue weighted by atomic mass is 19.1. The van der Waals surface area contributed by atoms with Gasteiger partial charge in [0.1, 0.15) is 5.82 Å². The van der Waals surface area contributed by atoms with E-state index in [9.17, 15) is 9.18 Å². The number of aromatic nitrogens is 1. The van der Waals surface area contributed by atoms with Gasteiger partial charge in [0.25, 0.3) is 0 Å². The van der Waals surface area contributed by atoms with Gasteiger partial charge in [-0.25, -0.2) is 14.2 Å². The molecule has 1 aromatic heterocycles. The number of nitrogens with zero attached hydrogens (tertiary/aromatic N) is 2. The van der Waals surface area contributed by atoms with Crippen LogP contribution in [-0.2, 0) is 11.3 Å². The quantitative estimate of drug-likeness (QED) is 0.404. The van der Waals surface area contributed by atoms with Crippen LogP contribution < -0.4 is 15.5 Å². The zero-order valence-corrected chi connectivity index (χ0v) is 19.6. The Morgan fingerprint density at radius 3 is 2.49 bits per heavy atom. The van der Waals surface area contributed by atoms with Crippen molar-refractivity contribution < 1.29 is 13.9 Å². The zero-order valence-electron chi connectivity index (χ0n) is 19.6. The molecule has 0 radical (unpaired) electrons. The maximum atomic E-state index is 13.1. The van der Waals surface area contributed by atoms with Gasteiger partial charge in [0, 0.05) is 42.0 Å². The number of halogens is 1. The van der Waals surface area contributed by atoms with Crippen molar-refractivity contribution >= 4 is 28.3 Å². The lowest BCUT2D eigenvalue weighted by atomic mass is 10.0. The molecule has 1 saturated heterocycles. The number of urea groups is 1. The molecular formula is C28H27FN4O2. The van der Waals surface area contributed by atoms with E-state index in [1.54, 1.807) is 12.1 Å². The number of fused-ring (bicyclic) bond motifs is 1. The van der Waals surface area contributed by atoms with Crippen LogP contribution in [-0.4, -0.2) is 37.3 Å². The Labute approximate surface area is 203 Å². The molecule has 2 amide bonds. The predicted octanol–water partition coefficient (Wildman–Crippen LogP) is 5.51. The number of carbonyl (C=O) groups excluding carboxylic acids is 1. The number of pyridine rings is 1. The molecule has 7 heteroatoms. The number of morpholine rings is 1. The van der Waals surface area contributed by atoms with Crippen LogP contribution in [0.5, 0.6) is 0 Å². The fourth-order valence-electron chi connectivity index (χ4n) is 4.18. The number of amides is 2. The van der Waals surface area contributed by atoms with Gasteiger partial charge >= 0.3 is 6.03 Å². The van der Waals surface area contributed by atoms with Gasteiger partial charge in [-0.05, 0) is 48.9 Å². The number of nitrogens with one attached hydrogen (secondary N) is 2. The minimum atomic E-state index is -0.328. The van der Waals surface area contributed by atoms with E-state index in [4.69, 9.17) is 9.72 Å². The summed E-state index contributed by atoms with van der Waals surface area (Å²) < 4.78 is 18.7. The topological polar surface area (TPSA) is 66.5 Å². The number of hydrogen-bond donors (Lipinski definition) is 2. The van der Waals surface area contributed by atoms with Crippen molar-refractivity contribution in [1.82, 2.24) is 10.3 Å². The highest BCUT2D eigenvalue weighted by Crippen LogP contribution is 2.33. The Morgan fingerprint density at radius 2 is 1.74 bits per heavy atom. The number of ether oxygens (including phenoxy) is 1. The molecule has 4 aromatic rings. The van der Waals surface area contributed by atoms with Gasteiger partial charge in [-0.15, -0.1) is 0 Å². The molecule has 1 aliphatic heterocycles. The first kappa shape index (κ1) is 22.8. The van der Waals surface area contributed by atoms with Crippen molar-refractivity contribution in [3.8, 4) is 11.3 Å². The molecule has 6 nitrogen and oxygen atoms in total. The molecular weight excluding hydrogens is 443 g/mol. The van der Waals surface area contributed by atoms with Gasteiger partial charge < -0.3 is 20.3 Å². The highest BCUT2D eigenvalue weighted by Gasteiger charge is 2.17. The molecule has 35 heavy (non-hydrogen) atoms. The summed E-state index contributed by atoms with van der Waals surface area (Å²) in [6.45, 7) is 5.31. The summed E-state index contributed by atoms with van der Waals surface area (Å²) in [5.74, 6) is -0.301. The first-order valence-electron chi connectivity index (χ1n) is 11.7. The molecule has 3 aromatic carbocycles. The fraction of sp³-hybridized carbons (Fsp3) is 0.214. The summed E-state index contributed by atoms with van der Waals surface area (Å²) >= 11 is 0. The molecule has 0 unspecified atom stereocenters. The first-order chi connectivity index (χ1) is 17.0. The van der Waals surface area contributed by atoms with Crippen LogP contribution in [0.1, 0.15) is 11.1 Å². The summed E-state index contributed by atoms with van der Waals surface area (Å²) in [4.78, 5) is 19.7. The van der Waals surface area contributed by atoms with Crippen molar-refractivity contribution in [3.05, 3.63) is 89.7 Å². The van der Waals surface area contributed by atoms with Gasteiger partial charge in [0.05, 0.1) is 24.4 Å². The second kappa shape index (κ2) is 10.1. The second-order valence-corrected chi connectivity index (χ2v) is 8.66. The summed E-state index contributed by atoms with van der Waals surface area (Å²) in [6.07, 6.45) is 0. The summed E-state index contributed by atoms with van der Waals surface area (Å²) in [6, 6.07) is 22.0. The normalized spacial score (nSPS) is 13.6. The van der Waals surface area contributed by atoms with Crippen LogP contribution >= 0.6 is 0 Å². The molecule has 0 saturated carbocycles. The van der Waals surface area contributed by atoms with Crippen LogP contribution in [0.15, 0.2) is 72.8 Å². The van der Waals surface area contributed by atoms with E-state index in [2.05, 4.69) is 52.8 Å². The standard InChI is InChI=1S/C28H27FN4O2/c1-19-2-6-21(7-3-19)26-17-27(33-12-14-35-15-13-33)24-16-23(10-11-25(24)32-26)31-28(34)30-18-20-4-8-22(29)9-5-20/h2-11,16-17H,12-15,18H2,1H3,(H2,30,31,34). The molecule has 0 aliphatic carbocycles. The minimum Gasteiger partial charge on any atom is -0.378 e. The van der Waals surface area contributed by atoms with E-state index in [1.165, 1.54) is 17.7 Å². The molecule has 0 atom stereocenters. The maximum Gasteiger partial charge on any atom is 0.319 e. The predicted molar refractivity (Wildman–Crippen MR) is 137 cm³/mol. The largest absolute Gasteiger partial charge is 0.378 e. The Hall–Kier alpha value is -3.97. The maximum absolute atomic E-state index is 13.1. The van der Waals surface area contributed by atoms with Crippen LogP contribution in [0.4, 0.5) is 20.6 Å². The van der Waals surface area contributed by atoms with Crippen molar-refractivity contribution in [2.75, 3.05) is 36.5 Å². The number of carbonyl (C=O) groups is 1. The van der Waals surface area contributed by atoms with Crippen molar-refractivity contribution in [2.45, 2.75) is 13.5 Å². The zero-order chi connectivity index (χ0) is 24.2. The lowest BCUT2D eigenvalue weighted by Crippen LogP contribution is -2.36. The average molecular weight is 471 g/mol. The van der Waals surface area contributed by atoms with Crippen LogP contribution in [0.2, 0.25) is 0 Å². The van der Waals surface area contributed by atoms with Crippen molar-refractivity contribution in [2.24, 2.45) is 0 Å². The lowest BCUT2D eigenvalue weighted by Gasteiger charge is -2.30. The van der Waals surface area contributed by atoms with Crippen molar-refractivity contribution in [1.29, 1.82) is 0 Å².